The zero-order valence-corrected chi connectivity index (χ0v) is 18.4. The summed E-state index contributed by atoms with van der Waals surface area (Å²) in [7, 11) is 0. The first-order valence-electron chi connectivity index (χ1n) is 12.4. The van der Waals surface area contributed by atoms with Crippen molar-refractivity contribution < 1.29 is 9.90 Å². The van der Waals surface area contributed by atoms with Gasteiger partial charge < -0.3 is 10.0 Å². The van der Waals surface area contributed by atoms with Gasteiger partial charge in [-0.25, -0.2) is 0 Å². The van der Waals surface area contributed by atoms with Crippen LogP contribution in [-0.2, 0) is 16.6 Å². The Bertz CT molecular complexity index is 859. The van der Waals surface area contributed by atoms with Gasteiger partial charge in [-0.2, -0.15) is 0 Å². The SMILES string of the molecule is Cc1ccc2c(c1)[C@]13CCN(CC4CC4)[C@H](C2)[C@]1(O)C[C@H](C(=O)N1CCCCC1)C3. The summed E-state index contributed by atoms with van der Waals surface area (Å²) in [5.74, 6) is 1.12. The smallest absolute Gasteiger partial charge is 0.225 e. The third-order valence-corrected chi connectivity index (χ3v) is 9.20. The number of hydrogen-bond donors (Lipinski definition) is 1. The maximum atomic E-state index is 13.5. The van der Waals surface area contributed by atoms with Crippen molar-refractivity contribution in [2.24, 2.45) is 11.8 Å². The second kappa shape index (κ2) is 6.80. The fourth-order valence-electron chi connectivity index (χ4n) is 7.50. The minimum atomic E-state index is -0.767. The maximum Gasteiger partial charge on any atom is 0.225 e. The molecule has 2 heterocycles. The van der Waals surface area contributed by atoms with Gasteiger partial charge in [0, 0.05) is 37.0 Å². The molecule has 30 heavy (non-hydrogen) atoms. The number of aryl methyl sites for hydroxylation is 1. The van der Waals surface area contributed by atoms with Gasteiger partial charge in [0.15, 0.2) is 0 Å². The minimum Gasteiger partial charge on any atom is -0.387 e. The molecule has 2 bridgehead atoms. The van der Waals surface area contributed by atoms with Crippen LogP contribution in [0, 0.1) is 18.8 Å². The quantitative estimate of drug-likeness (QED) is 0.833. The van der Waals surface area contributed by atoms with Crippen molar-refractivity contribution in [1.29, 1.82) is 0 Å². The molecule has 2 aliphatic heterocycles. The van der Waals surface area contributed by atoms with Gasteiger partial charge in [0.1, 0.15) is 0 Å². The summed E-state index contributed by atoms with van der Waals surface area (Å²) >= 11 is 0. The topological polar surface area (TPSA) is 43.8 Å². The monoisotopic (exact) mass is 408 g/mol. The van der Waals surface area contributed by atoms with Crippen LogP contribution in [0.25, 0.3) is 0 Å². The number of carbonyl (C=O) groups is 1. The van der Waals surface area contributed by atoms with Crippen molar-refractivity contribution in [1.82, 2.24) is 9.80 Å². The van der Waals surface area contributed by atoms with Crippen molar-refractivity contribution in [3.63, 3.8) is 0 Å². The van der Waals surface area contributed by atoms with Crippen molar-refractivity contribution in [2.75, 3.05) is 26.2 Å². The molecule has 1 aromatic rings. The maximum absolute atomic E-state index is 13.5. The van der Waals surface area contributed by atoms with Gasteiger partial charge in [0.2, 0.25) is 5.91 Å². The van der Waals surface area contributed by atoms with E-state index in [9.17, 15) is 9.90 Å². The lowest BCUT2D eigenvalue weighted by atomic mass is 9.56. The number of nitrogens with zero attached hydrogens (tertiary/aromatic N) is 2. The van der Waals surface area contributed by atoms with Gasteiger partial charge >= 0.3 is 0 Å². The summed E-state index contributed by atoms with van der Waals surface area (Å²) < 4.78 is 0. The van der Waals surface area contributed by atoms with Gasteiger partial charge in [-0.3, -0.25) is 9.69 Å². The lowest BCUT2D eigenvalue weighted by Crippen LogP contribution is -2.69. The van der Waals surface area contributed by atoms with Crippen LogP contribution in [0.15, 0.2) is 18.2 Å². The molecule has 4 fully saturated rings. The van der Waals surface area contributed by atoms with Gasteiger partial charge in [-0.05, 0) is 88.3 Å². The number of fused-ring (bicyclic) bond motifs is 1. The number of aliphatic hydroxyl groups is 1. The Hall–Kier alpha value is -1.39. The Morgan fingerprint density at radius 3 is 2.70 bits per heavy atom. The molecular weight excluding hydrogens is 372 g/mol. The van der Waals surface area contributed by atoms with Crippen molar-refractivity contribution in [3.8, 4) is 0 Å². The number of hydrogen-bond acceptors (Lipinski definition) is 3. The molecule has 4 atom stereocenters. The molecule has 4 heteroatoms. The number of rotatable bonds is 3. The van der Waals surface area contributed by atoms with Crippen LogP contribution in [0.3, 0.4) is 0 Å². The van der Waals surface area contributed by atoms with Gasteiger partial charge in [0.05, 0.1) is 5.60 Å². The molecule has 1 N–H and O–H groups in total. The highest BCUT2D eigenvalue weighted by atomic mass is 16.3. The van der Waals surface area contributed by atoms with Crippen LogP contribution < -0.4 is 0 Å². The Balaban J connectivity index is 1.39. The Morgan fingerprint density at radius 1 is 1.13 bits per heavy atom. The molecule has 2 saturated carbocycles. The lowest BCUT2D eigenvalue weighted by Gasteiger charge is -2.59. The zero-order chi connectivity index (χ0) is 20.5. The molecular formula is C26H36N2O2. The molecule has 0 unspecified atom stereocenters. The summed E-state index contributed by atoms with van der Waals surface area (Å²) in [5.41, 5.74) is 3.04. The molecule has 5 aliphatic rings. The molecule has 162 valence electrons. The minimum absolute atomic E-state index is 0.0251. The molecule has 6 rings (SSSR count). The van der Waals surface area contributed by atoms with E-state index in [1.807, 2.05) is 0 Å². The van der Waals surface area contributed by atoms with E-state index < -0.39 is 5.60 Å². The van der Waals surface area contributed by atoms with E-state index in [4.69, 9.17) is 0 Å². The molecule has 0 aromatic heterocycles. The molecule has 1 aromatic carbocycles. The second-order valence-electron chi connectivity index (χ2n) is 11.1. The number of likely N-dealkylation sites (tertiary alicyclic amines) is 2. The van der Waals surface area contributed by atoms with Crippen molar-refractivity contribution in [3.05, 3.63) is 34.9 Å². The zero-order valence-electron chi connectivity index (χ0n) is 18.4. The Kier molecular flexibility index (Phi) is 4.38. The lowest BCUT2D eigenvalue weighted by molar-refractivity contribution is -0.140. The molecule has 3 aliphatic carbocycles. The largest absolute Gasteiger partial charge is 0.387 e. The molecule has 2 saturated heterocycles. The number of benzene rings is 1. The van der Waals surface area contributed by atoms with E-state index in [0.717, 1.165) is 64.2 Å². The van der Waals surface area contributed by atoms with Crippen LogP contribution in [0.5, 0.6) is 0 Å². The van der Waals surface area contributed by atoms with Crippen LogP contribution in [0.4, 0.5) is 0 Å². The summed E-state index contributed by atoms with van der Waals surface area (Å²) in [6.45, 7) is 6.19. The third-order valence-electron chi connectivity index (χ3n) is 9.20. The van der Waals surface area contributed by atoms with Gasteiger partial charge in [-0.1, -0.05) is 23.8 Å². The van der Waals surface area contributed by atoms with E-state index in [0.29, 0.717) is 12.3 Å². The highest BCUT2D eigenvalue weighted by Gasteiger charge is 2.68. The van der Waals surface area contributed by atoms with Gasteiger partial charge in [-0.15, -0.1) is 0 Å². The number of amides is 1. The van der Waals surface area contributed by atoms with Crippen molar-refractivity contribution in [2.45, 2.75) is 81.8 Å². The fraction of sp³-hybridized carbons (Fsp3) is 0.731. The highest BCUT2D eigenvalue weighted by molar-refractivity contribution is 5.80. The highest BCUT2D eigenvalue weighted by Crippen LogP contribution is 2.62. The summed E-state index contributed by atoms with van der Waals surface area (Å²) in [6, 6.07) is 7.04. The van der Waals surface area contributed by atoms with E-state index in [1.165, 1.54) is 36.0 Å². The molecule has 4 nitrogen and oxygen atoms in total. The van der Waals surface area contributed by atoms with Crippen LogP contribution in [-0.4, -0.2) is 58.6 Å². The summed E-state index contributed by atoms with van der Waals surface area (Å²) in [5, 5.41) is 12.4. The van der Waals surface area contributed by atoms with Crippen LogP contribution >= 0.6 is 0 Å². The van der Waals surface area contributed by atoms with E-state index in [-0.39, 0.29) is 17.4 Å². The number of carbonyl (C=O) groups excluding carboxylic acids is 1. The molecule has 1 amide bonds. The van der Waals surface area contributed by atoms with E-state index in [2.05, 4.69) is 34.9 Å². The summed E-state index contributed by atoms with van der Waals surface area (Å²) in [4.78, 5) is 18.2. The average Bonchev–Trinajstić information content (AvgIpc) is 3.50. The van der Waals surface area contributed by atoms with Crippen LogP contribution in [0.2, 0.25) is 0 Å². The van der Waals surface area contributed by atoms with E-state index >= 15 is 0 Å². The molecule has 0 spiro atoms. The molecule has 0 radical (unpaired) electrons. The first-order valence-corrected chi connectivity index (χ1v) is 12.4. The number of piperidine rings is 2. The predicted molar refractivity (Wildman–Crippen MR) is 117 cm³/mol. The average molecular weight is 409 g/mol. The Labute approximate surface area is 180 Å². The fourth-order valence-corrected chi connectivity index (χ4v) is 7.50. The van der Waals surface area contributed by atoms with Crippen LogP contribution in [0.1, 0.15) is 68.1 Å². The second-order valence-corrected chi connectivity index (χ2v) is 11.1. The summed E-state index contributed by atoms with van der Waals surface area (Å²) in [6.07, 6.45) is 9.62. The third kappa shape index (κ3) is 2.75. The van der Waals surface area contributed by atoms with Crippen molar-refractivity contribution >= 4 is 5.91 Å². The first-order chi connectivity index (χ1) is 14.5. The normalized spacial score (nSPS) is 38.3. The first kappa shape index (κ1) is 19.3. The van der Waals surface area contributed by atoms with Gasteiger partial charge in [0.25, 0.3) is 0 Å². The Morgan fingerprint density at radius 2 is 1.93 bits per heavy atom. The standard InChI is InChI=1S/C26H36N2O2/c1-18-5-8-20-14-23-26(30)16-21(24(29)27-10-3-2-4-11-27)15-25(26,22(20)13-18)9-12-28(23)17-19-6-7-19/h5,8,13,19,21,23,30H,2-4,6-7,9-12,14-17H2,1H3/t21-,23-,25-,26-/m1/s1. The predicted octanol–water partition coefficient (Wildman–Crippen LogP) is 3.43. The van der Waals surface area contributed by atoms with E-state index in [1.54, 1.807) is 0 Å².